The zero-order valence-electron chi connectivity index (χ0n) is 11.6. The van der Waals surface area contributed by atoms with Crippen molar-refractivity contribution in [2.75, 3.05) is 12.4 Å². The minimum absolute atomic E-state index is 0.423. The van der Waals surface area contributed by atoms with Gasteiger partial charge in [-0.15, -0.1) is 0 Å². The molecule has 0 aromatic heterocycles. The number of anilines is 1. The van der Waals surface area contributed by atoms with Crippen molar-refractivity contribution in [3.8, 4) is 5.75 Å². The molecule has 1 aromatic carbocycles. The van der Waals surface area contributed by atoms with Gasteiger partial charge in [-0.2, -0.15) is 0 Å². The molecule has 19 heavy (non-hydrogen) atoms. The topological polar surface area (TPSA) is 47.3 Å². The van der Waals surface area contributed by atoms with Gasteiger partial charge in [-0.05, 0) is 30.9 Å². The van der Waals surface area contributed by atoms with Crippen molar-refractivity contribution in [2.24, 2.45) is 11.7 Å². The van der Waals surface area contributed by atoms with E-state index in [0.29, 0.717) is 11.0 Å². The molecule has 0 radical (unpaired) electrons. The van der Waals surface area contributed by atoms with E-state index >= 15 is 0 Å². The zero-order chi connectivity index (χ0) is 13.8. The van der Waals surface area contributed by atoms with Gasteiger partial charge in [-0.25, -0.2) is 0 Å². The molecular weight excluding hydrogens is 256 g/mol. The molecule has 1 atom stereocenters. The van der Waals surface area contributed by atoms with E-state index < -0.39 is 0 Å². The molecule has 1 fully saturated rings. The number of methoxy groups -OCH3 is 1. The Kier molecular flexibility index (Phi) is 4.64. The van der Waals surface area contributed by atoms with Crippen LogP contribution >= 0.6 is 12.2 Å². The third-order valence-electron chi connectivity index (χ3n) is 3.66. The van der Waals surface area contributed by atoms with Crippen LogP contribution in [0.4, 0.5) is 5.69 Å². The highest BCUT2D eigenvalue weighted by atomic mass is 32.1. The van der Waals surface area contributed by atoms with E-state index in [2.05, 4.69) is 12.2 Å². The SMILES string of the molecule is CCC(CC1CC1)Nc1cc(OC)ccc1C(N)=S. The summed E-state index contributed by atoms with van der Waals surface area (Å²) in [5.74, 6) is 1.72. The molecule has 3 N–H and O–H groups in total. The summed E-state index contributed by atoms with van der Waals surface area (Å²) in [6, 6.07) is 6.27. The van der Waals surface area contributed by atoms with Gasteiger partial charge in [0.2, 0.25) is 0 Å². The van der Waals surface area contributed by atoms with E-state index in [0.717, 1.165) is 29.3 Å². The van der Waals surface area contributed by atoms with Gasteiger partial charge in [0, 0.05) is 23.4 Å². The van der Waals surface area contributed by atoms with Crippen LogP contribution in [0.5, 0.6) is 5.75 Å². The molecule has 104 valence electrons. The minimum atomic E-state index is 0.423. The van der Waals surface area contributed by atoms with E-state index in [1.807, 2.05) is 18.2 Å². The van der Waals surface area contributed by atoms with Crippen LogP contribution < -0.4 is 15.8 Å². The second kappa shape index (κ2) is 6.24. The summed E-state index contributed by atoms with van der Waals surface area (Å²) in [7, 11) is 1.67. The smallest absolute Gasteiger partial charge is 0.120 e. The number of nitrogens with one attached hydrogen (secondary N) is 1. The summed E-state index contributed by atoms with van der Waals surface area (Å²) >= 11 is 5.12. The molecule has 1 saturated carbocycles. The standard InChI is InChI=1S/C15H22N2OS/c1-3-11(8-10-4-5-10)17-14-9-12(18-2)6-7-13(14)15(16)19/h6-7,9-11,17H,3-5,8H2,1-2H3,(H2,16,19). The van der Waals surface area contributed by atoms with Gasteiger partial charge in [-0.3, -0.25) is 0 Å². The largest absolute Gasteiger partial charge is 0.497 e. The van der Waals surface area contributed by atoms with E-state index in [1.54, 1.807) is 7.11 Å². The number of hydrogen-bond donors (Lipinski definition) is 2. The van der Waals surface area contributed by atoms with Crippen LogP contribution in [-0.2, 0) is 0 Å². The molecular formula is C15H22N2OS. The number of hydrogen-bond acceptors (Lipinski definition) is 3. The lowest BCUT2D eigenvalue weighted by molar-refractivity contribution is 0.415. The van der Waals surface area contributed by atoms with Crippen molar-refractivity contribution >= 4 is 22.9 Å². The lowest BCUT2D eigenvalue weighted by Gasteiger charge is -2.20. The van der Waals surface area contributed by atoms with E-state index in [1.165, 1.54) is 19.3 Å². The van der Waals surface area contributed by atoms with E-state index in [4.69, 9.17) is 22.7 Å². The first-order valence-corrected chi connectivity index (χ1v) is 7.29. The third kappa shape index (κ3) is 3.83. The molecule has 2 rings (SSSR count). The zero-order valence-corrected chi connectivity index (χ0v) is 12.4. The monoisotopic (exact) mass is 278 g/mol. The Morgan fingerprint density at radius 2 is 2.26 bits per heavy atom. The molecule has 1 aromatic rings. The fraction of sp³-hybridized carbons (Fsp3) is 0.533. The molecule has 0 spiro atoms. The number of benzene rings is 1. The number of ether oxygens (including phenoxy) is 1. The second-order valence-corrected chi connectivity index (χ2v) is 5.64. The molecule has 0 heterocycles. The van der Waals surface area contributed by atoms with Gasteiger partial charge in [0.1, 0.15) is 10.7 Å². The molecule has 4 heteroatoms. The van der Waals surface area contributed by atoms with E-state index in [9.17, 15) is 0 Å². The van der Waals surface area contributed by atoms with E-state index in [-0.39, 0.29) is 0 Å². The lowest BCUT2D eigenvalue weighted by atomic mass is 10.1. The highest BCUT2D eigenvalue weighted by Gasteiger charge is 2.25. The lowest BCUT2D eigenvalue weighted by Crippen LogP contribution is -2.22. The van der Waals surface area contributed by atoms with Gasteiger partial charge >= 0.3 is 0 Å². The molecule has 1 aliphatic carbocycles. The average molecular weight is 278 g/mol. The Bertz CT molecular complexity index is 457. The molecule has 0 aliphatic heterocycles. The molecule has 1 unspecified atom stereocenters. The fourth-order valence-electron chi connectivity index (χ4n) is 2.29. The minimum Gasteiger partial charge on any atom is -0.497 e. The predicted octanol–water partition coefficient (Wildman–Crippen LogP) is 3.32. The van der Waals surface area contributed by atoms with Crippen molar-refractivity contribution in [3.63, 3.8) is 0 Å². The van der Waals surface area contributed by atoms with Crippen LogP contribution in [-0.4, -0.2) is 18.1 Å². The average Bonchev–Trinajstić information content (AvgIpc) is 3.21. The highest BCUT2D eigenvalue weighted by Crippen LogP contribution is 2.35. The maximum absolute atomic E-state index is 5.79. The van der Waals surface area contributed by atoms with Crippen LogP contribution in [0.25, 0.3) is 0 Å². The molecule has 0 bridgehead atoms. The van der Waals surface area contributed by atoms with Crippen LogP contribution in [0.15, 0.2) is 18.2 Å². The normalized spacial score (nSPS) is 15.9. The van der Waals surface area contributed by atoms with Gasteiger partial charge in [-0.1, -0.05) is 32.0 Å². The van der Waals surface area contributed by atoms with Crippen LogP contribution in [0, 0.1) is 5.92 Å². The first-order valence-electron chi connectivity index (χ1n) is 6.88. The summed E-state index contributed by atoms with van der Waals surface area (Å²) in [6.07, 6.45) is 5.08. The Balaban J connectivity index is 2.16. The Labute approximate surface area is 120 Å². The number of thiocarbonyl (C=S) groups is 1. The second-order valence-electron chi connectivity index (χ2n) is 5.20. The number of rotatable bonds is 7. The summed E-state index contributed by atoms with van der Waals surface area (Å²) in [5, 5.41) is 3.58. The van der Waals surface area contributed by atoms with Gasteiger partial charge in [0.25, 0.3) is 0 Å². The molecule has 0 amide bonds. The van der Waals surface area contributed by atoms with Crippen molar-refractivity contribution in [1.29, 1.82) is 0 Å². The highest BCUT2D eigenvalue weighted by molar-refractivity contribution is 7.80. The van der Waals surface area contributed by atoms with Crippen molar-refractivity contribution in [1.82, 2.24) is 0 Å². The quantitative estimate of drug-likeness (QED) is 0.751. The van der Waals surface area contributed by atoms with Crippen LogP contribution in [0.3, 0.4) is 0 Å². The van der Waals surface area contributed by atoms with Crippen molar-refractivity contribution < 1.29 is 4.74 Å². The third-order valence-corrected chi connectivity index (χ3v) is 3.88. The van der Waals surface area contributed by atoms with Gasteiger partial charge in [0.15, 0.2) is 0 Å². The van der Waals surface area contributed by atoms with Crippen molar-refractivity contribution in [3.05, 3.63) is 23.8 Å². The summed E-state index contributed by atoms with van der Waals surface area (Å²) in [5.41, 5.74) is 7.67. The molecule has 1 aliphatic rings. The molecule has 0 saturated heterocycles. The first-order chi connectivity index (χ1) is 9.13. The van der Waals surface area contributed by atoms with Crippen LogP contribution in [0.2, 0.25) is 0 Å². The Hall–Kier alpha value is -1.29. The summed E-state index contributed by atoms with van der Waals surface area (Å²) < 4.78 is 5.27. The fourth-order valence-corrected chi connectivity index (χ4v) is 2.47. The van der Waals surface area contributed by atoms with Gasteiger partial charge < -0.3 is 15.8 Å². The van der Waals surface area contributed by atoms with Crippen molar-refractivity contribution in [2.45, 2.75) is 38.6 Å². The maximum atomic E-state index is 5.79. The summed E-state index contributed by atoms with van der Waals surface area (Å²) in [6.45, 7) is 2.21. The van der Waals surface area contributed by atoms with Gasteiger partial charge in [0.05, 0.1) is 7.11 Å². The van der Waals surface area contributed by atoms with Crippen LogP contribution in [0.1, 0.15) is 38.2 Å². The summed E-state index contributed by atoms with van der Waals surface area (Å²) in [4.78, 5) is 0.423. The molecule has 3 nitrogen and oxygen atoms in total. The first kappa shape index (κ1) is 14.1. The number of nitrogens with two attached hydrogens (primary N) is 1. The predicted molar refractivity (Wildman–Crippen MR) is 83.9 cm³/mol. The maximum Gasteiger partial charge on any atom is 0.120 e. The Morgan fingerprint density at radius 3 is 2.79 bits per heavy atom. The Morgan fingerprint density at radius 1 is 1.53 bits per heavy atom.